The van der Waals surface area contributed by atoms with E-state index in [1.165, 1.54) is 12.1 Å². The van der Waals surface area contributed by atoms with Crippen LogP contribution in [-0.4, -0.2) is 4.98 Å². The van der Waals surface area contributed by atoms with Crippen LogP contribution in [0, 0.1) is 5.82 Å². The van der Waals surface area contributed by atoms with E-state index >= 15 is 0 Å². The summed E-state index contributed by atoms with van der Waals surface area (Å²) in [7, 11) is 0. The molecule has 1 aromatic heterocycles. The lowest BCUT2D eigenvalue weighted by molar-refractivity contribution is 0.629. The smallest absolute Gasteiger partial charge is 0.136 e. The van der Waals surface area contributed by atoms with E-state index in [0.717, 1.165) is 10.9 Å². The molecule has 1 aromatic carbocycles. The van der Waals surface area contributed by atoms with Crippen molar-refractivity contribution >= 4 is 38.3 Å². The van der Waals surface area contributed by atoms with Crippen LogP contribution in [0.5, 0.6) is 0 Å². The highest BCUT2D eigenvalue weighted by Crippen LogP contribution is 2.26. The summed E-state index contributed by atoms with van der Waals surface area (Å²) >= 11 is 9.21. The number of benzene rings is 1. The summed E-state index contributed by atoms with van der Waals surface area (Å²) in [6.45, 7) is 0. The molecule has 2 rings (SSSR count). The van der Waals surface area contributed by atoms with Crippen LogP contribution >= 0.6 is 27.5 Å². The molecule has 0 N–H and O–H groups in total. The van der Waals surface area contributed by atoms with Gasteiger partial charge in [-0.05, 0) is 23.1 Å². The van der Waals surface area contributed by atoms with Gasteiger partial charge in [-0.25, -0.2) is 9.37 Å². The van der Waals surface area contributed by atoms with Gasteiger partial charge in [0, 0.05) is 16.9 Å². The van der Waals surface area contributed by atoms with Crippen LogP contribution in [0.15, 0.2) is 24.4 Å². The molecule has 0 aliphatic rings. The number of hydrogen-bond donors (Lipinski definition) is 0. The molecule has 0 aliphatic heterocycles. The molecule has 0 saturated carbocycles. The monoisotopic (exact) mass is 273 g/mol. The minimum Gasteiger partial charge on any atom is -0.244 e. The third kappa shape index (κ3) is 1.62. The Balaban J connectivity index is 2.84. The topological polar surface area (TPSA) is 12.9 Å². The van der Waals surface area contributed by atoms with Crippen LogP contribution < -0.4 is 0 Å². The van der Waals surface area contributed by atoms with Crippen molar-refractivity contribution in [2.45, 2.75) is 5.33 Å². The van der Waals surface area contributed by atoms with E-state index in [4.69, 9.17) is 11.6 Å². The highest BCUT2D eigenvalue weighted by Gasteiger charge is 2.05. The van der Waals surface area contributed by atoms with Crippen LogP contribution in [-0.2, 0) is 5.33 Å². The van der Waals surface area contributed by atoms with E-state index in [0.29, 0.717) is 15.9 Å². The molecule has 0 atom stereocenters. The number of pyridine rings is 1. The Morgan fingerprint density at radius 2 is 2.14 bits per heavy atom. The van der Waals surface area contributed by atoms with Crippen LogP contribution in [0.3, 0.4) is 0 Å². The number of alkyl halides is 1. The van der Waals surface area contributed by atoms with Gasteiger partial charge in [-0.1, -0.05) is 33.6 Å². The van der Waals surface area contributed by atoms with Crippen molar-refractivity contribution in [1.29, 1.82) is 0 Å². The van der Waals surface area contributed by atoms with Crippen molar-refractivity contribution in [3.8, 4) is 0 Å². The van der Waals surface area contributed by atoms with Crippen molar-refractivity contribution in [2.24, 2.45) is 0 Å². The van der Waals surface area contributed by atoms with Gasteiger partial charge in [-0.15, -0.1) is 0 Å². The predicted molar refractivity (Wildman–Crippen MR) is 59.3 cm³/mol. The zero-order chi connectivity index (χ0) is 10.1. The second-order valence-corrected chi connectivity index (χ2v) is 3.82. The number of rotatable bonds is 1. The standard InChI is InChI=1S/C10H6BrClFN/c11-4-6-5-14-10(12)9-3-7(13)1-2-8(6)9/h1-3,5H,4H2. The van der Waals surface area contributed by atoms with Crippen LogP contribution in [0.25, 0.3) is 10.8 Å². The molecule has 0 aliphatic carbocycles. The first-order valence-corrected chi connectivity index (χ1v) is 5.51. The lowest BCUT2D eigenvalue weighted by atomic mass is 10.1. The zero-order valence-electron chi connectivity index (χ0n) is 7.10. The molecule has 2 aromatic rings. The molecule has 0 spiro atoms. The van der Waals surface area contributed by atoms with E-state index in [9.17, 15) is 4.39 Å². The second kappa shape index (κ2) is 3.83. The number of aromatic nitrogens is 1. The lowest BCUT2D eigenvalue weighted by Gasteiger charge is -2.04. The van der Waals surface area contributed by atoms with Crippen molar-refractivity contribution in [1.82, 2.24) is 4.98 Å². The van der Waals surface area contributed by atoms with E-state index in [2.05, 4.69) is 20.9 Å². The van der Waals surface area contributed by atoms with Gasteiger partial charge >= 0.3 is 0 Å². The Labute approximate surface area is 94.0 Å². The number of hydrogen-bond acceptors (Lipinski definition) is 1. The van der Waals surface area contributed by atoms with E-state index in [1.54, 1.807) is 12.3 Å². The molecule has 0 amide bonds. The summed E-state index contributed by atoms with van der Waals surface area (Å²) in [6, 6.07) is 4.54. The number of halogens is 3. The molecule has 4 heteroatoms. The minimum absolute atomic E-state index is 0.298. The maximum atomic E-state index is 13.0. The molecular formula is C10H6BrClFN. The van der Waals surface area contributed by atoms with Gasteiger partial charge in [0.2, 0.25) is 0 Å². The molecule has 1 nitrogen and oxygen atoms in total. The summed E-state index contributed by atoms with van der Waals surface area (Å²) in [5.74, 6) is -0.298. The number of nitrogens with zero attached hydrogens (tertiary/aromatic N) is 1. The Morgan fingerprint density at radius 3 is 2.86 bits per heavy atom. The summed E-state index contributed by atoms with van der Waals surface area (Å²) in [5.41, 5.74) is 1.00. The Morgan fingerprint density at radius 1 is 1.36 bits per heavy atom. The zero-order valence-corrected chi connectivity index (χ0v) is 9.44. The van der Waals surface area contributed by atoms with Crippen molar-refractivity contribution in [3.63, 3.8) is 0 Å². The molecule has 0 bridgehead atoms. The Bertz CT molecular complexity index is 487. The van der Waals surface area contributed by atoms with Crippen molar-refractivity contribution in [3.05, 3.63) is 40.9 Å². The molecule has 0 unspecified atom stereocenters. The van der Waals surface area contributed by atoms with Crippen molar-refractivity contribution in [2.75, 3.05) is 0 Å². The van der Waals surface area contributed by atoms with Crippen LogP contribution in [0.2, 0.25) is 5.15 Å². The van der Waals surface area contributed by atoms with E-state index < -0.39 is 0 Å². The van der Waals surface area contributed by atoms with Gasteiger partial charge in [0.15, 0.2) is 0 Å². The third-order valence-corrected chi connectivity index (χ3v) is 2.93. The van der Waals surface area contributed by atoms with Gasteiger partial charge < -0.3 is 0 Å². The van der Waals surface area contributed by atoms with Gasteiger partial charge in [0.25, 0.3) is 0 Å². The average Bonchev–Trinajstić information content (AvgIpc) is 2.19. The third-order valence-electron chi connectivity index (χ3n) is 2.03. The SMILES string of the molecule is Fc1ccc2c(CBr)cnc(Cl)c2c1. The highest BCUT2D eigenvalue weighted by molar-refractivity contribution is 9.08. The molecule has 0 fully saturated rings. The first-order valence-electron chi connectivity index (χ1n) is 4.01. The summed E-state index contributed by atoms with van der Waals surface area (Å²) in [4.78, 5) is 3.99. The van der Waals surface area contributed by atoms with Gasteiger partial charge in [0.05, 0.1) is 0 Å². The van der Waals surface area contributed by atoms with Gasteiger partial charge in [-0.2, -0.15) is 0 Å². The average molecular weight is 275 g/mol. The predicted octanol–water partition coefficient (Wildman–Crippen LogP) is 3.92. The molecular weight excluding hydrogens is 268 g/mol. The summed E-state index contributed by atoms with van der Waals surface area (Å²) in [5, 5.41) is 2.61. The van der Waals surface area contributed by atoms with Gasteiger partial charge in [-0.3, -0.25) is 0 Å². The number of fused-ring (bicyclic) bond motifs is 1. The first kappa shape index (κ1) is 9.87. The van der Waals surface area contributed by atoms with E-state index in [-0.39, 0.29) is 5.82 Å². The summed E-state index contributed by atoms with van der Waals surface area (Å²) in [6.07, 6.45) is 1.69. The van der Waals surface area contributed by atoms with Crippen LogP contribution in [0.1, 0.15) is 5.56 Å². The lowest BCUT2D eigenvalue weighted by Crippen LogP contribution is -1.87. The maximum Gasteiger partial charge on any atom is 0.136 e. The van der Waals surface area contributed by atoms with Crippen molar-refractivity contribution < 1.29 is 4.39 Å². The van der Waals surface area contributed by atoms with Gasteiger partial charge in [0.1, 0.15) is 11.0 Å². The largest absolute Gasteiger partial charge is 0.244 e. The molecule has 0 radical (unpaired) electrons. The fourth-order valence-corrected chi connectivity index (χ4v) is 2.00. The Kier molecular flexibility index (Phi) is 2.70. The van der Waals surface area contributed by atoms with E-state index in [1.807, 2.05) is 0 Å². The molecule has 14 heavy (non-hydrogen) atoms. The fraction of sp³-hybridized carbons (Fsp3) is 0.100. The Hall–Kier alpha value is -0.670. The van der Waals surface area contributed by atoms with Crippen LogP contribution in [0.4, 0.5) is 4.39 Å². The molecule has 72 valence electrons. The molecule has 1 heterocycles. The minimum atomic E-state index is -0.298. The quantitative estimate of drug-likeness (QED) is 0.567. The maximum absolute atomic E-state index is 13.0. The molecule has 0 saturated heterocycles. The summed E-state index contributed by atoms with van der Waals surface area (Å²) < 4.78 is 13.0. The normalized spacial score (nSPS) is 10.8. The highest BCUT2D eigenvalue weighted by atomic mass is 79.9. The second-order valence-electron chi connectivity index (χ2n) is 2.90. The first-order chi connectivity index (χ1) is 6.72. The fourth-order valence-electron chi connectivity index (χ4n) is 1.35.